The van der Waals surface area contributed by atoms with Gasteiger partial charge in [0.15, 0.2) is 0 Å². The third-order valence-electron chi connectivity index (χ3n) is 3.51. The summed E-state index contributed by atoms with van der Waals surface area (Å²) in [6, 6.07) is -0.00279. The molecule has 0 amide bonds. The van der Waals surface area contributed by atoms with Crippen LogP contribution in [0.15, 0.2) is 17.3 Å². The number of sulfonamides is 1. The Bertz CT molecular complexity index is 521. The summed E-state index contributed by atoms with van der Waals surface area (Å²) in [6.45, 7) is 2.39. The Morgan fingerprint density at radius 3 is 2.80 bits per heavy atom. The molecule has 0 atom stereocenters. The molecule has 0 saturated carbocycles. The average Bonchev–Trinajstić information content (AvgIpc) is 2.88. The van der Waals surface area contributed by atoms with E-state index in [-0.39, 0.29) is 17.5 Å². The predicted molar refractivity (Wildman–Crippen MR) is 74.8 cm³/mol. The van der Waals surface area contributed by atoms with Gasteiger partial charge in [0.25, 0.3) is 0 Å². The summed E-state index contributed by atoms with van der Waals surface area (Å²) in [5.41, 5.74) is 0. The van der Waals surface area contributed by atoms with E-state index < -0.39 is 10.0 Å². The van der Waals surface area contributed by atoms with Crippen LogP contribution in [0.1, 0.15) is 19.3 Å². The minimum atomic E-state index is -3.50. The normalized spacial score (nSPS) is 18.5. The van der Waals surface area contributed by atoms with Crippen molar-refractivity contribution in [2.24, 2.45) is 0 Å². The van der Waals surface area contributed by atoms with E-state index in [1.807, 2.05) is 7.05 Å². The van der Waals surface area contributed by atoms with Crippen molar-refractivity contribution < 1.29 is 13.5 Å². The minimum Gasteiger partial charge on any atom is -0.396 e. The Morgan fingerprint density at radius 2 is 2.15 bits per heavy atom. The molecule has 20 heavy (non-hydrogen) atoms. The van der Waals surface area contributed by atoms with Gasteiger partial charge in [0, 0.05) is 25.4 Å². The Balaban J connectivity index is 1.97. The Kier molecular flexibility index (Phi) is 5.14. The van der Waals surface area contributed by atoms with E-state index in [9.17, 15) is 8.42 Å². The van der Waals surface area contributed by atoms with Gasteiger partial charge in [0.05, 0.1) is 6.20 Å². The summed E-state index contributed by atoms with van der Waals surface area (Å²) < 4.78 is 28.8. The maximum Gasteiger partial charge on any atom is 0.243 e. The van der Waals surface area contributed by atoms with E-state index in [4.69, 9.17) is 5.11 Å². The quantitative estimate of drug-likeness (QED) is 0.749. The number of aryl methyl sites for hydroxylation is 1. The molecule has 0 spiro atoms. The van der Waals surface area contributed by atoms with Gasteiger partial charge in [-0.3, -0.25) is 4.68 Å². The van der Waals surface area contributed by atoms with Gasteiger partial charge in [0.1, 0.15) is 4.90 Å². The molecule has 1 fully saturated rings. The molecule has 7 nitrogen and oxygen atoms in total. The molecular formula is C12H22N4O3S. The van der Waals surface area contributed by atoms with E-state index in [1.165, 1.54) is 12.4 Å². The van der Waals surface area contributed by atoms with Crippen LogP contribution in [0.5, 0.6) is 0 Å². The fourth-order valence-corrected chi connectivity index (χ4v) is 3.51. The van der Waals surface area contributed by atoms with Gasteiger partial charge < -0.3 is 10.0 Å². The summed E-state index contributed by atoms with van der Waals surface area (Å²) >= 11 is 0. The lowest BCUT2D eigenvalue weighted by Gasteiger charge is -2.29. The summed E-state index contributed by atoms with van der Waals surface area (Å²) in [5, 5.41) is 12.8. The van der Waals surface area contributed by atoms with Crippen LogP contribution in [0, 0.1) is 0 Å². The highest BCUT2D eigenvalue weighted by Crippen LogP contribution is 2.13. The highest BCUT2D eigenvalue weighted by molar-refractivity contribution is 7.89. The van der Waals surface area contributed by atoms with Gasteiger partial charge in [-0.05, 0) is 39.4 Å². The molecule has 2 rings (SSSR count). The fraction of sp³-hybridized carbons (Fsp3) is 0.750. The number of hydrogen-bond acceptors (Lipinski definition) is 5. The first-order valence-corrected chi connectivity index (χ1v) is 8.34. The lowest BCUT2D eigenvalue weighted by atomic mass is 10.1. The summed E-state index contributed by atoms with van der Waals surface area (Å²) in [5.74, 6) is 0. The maximum atomic E-state index is 12.2. The summed E-state index contributed by atoms with van der Waals surface area (Å²) in [7, 11) is -1.46. The van der Waals surface area contributed by atoms with Crippen LogP contribution in [0.3, 0.4) is 0 Å². The monoisotopic (exact) mass is 302 g/mol. The van der Waals surface area contributed by atoms with Crippen molar-refractivity contribution in [3.63, 3.8) is 0 Å². The highest BCUT2D eigenvalue weighted by Gasteiger charge is 2.24. The summed E-state index contributed by atoms with van der Waals surface area (Å²) in [6.07, 6.45) is 5.08. The number of nitrogens with zero attached hydrogens (tertiary/aromatic N) is 3. The second-order valence-corrected chi connectivity index (χ2v) is 6.93. The number of nitrogens with one attached hydrogen (secondary N) is 1. The number of aromatic nitrogens is 2. The average molecular weight is 302 g/mol. The van der Waals surface area contributed by atoms with Crippen LogP contribution >= 0.6 is 0 Å². The van der Waals surface area contributed by atoms with Gasteiger partial charge in [-0.2, -0.15) is 5.10 Å². The van der Waals surface area contributed by atoms with Crippen molar-refractivity contribution >= 4 is 10.0 Å². The third-order valence-corrected chi connectivity index (χ3v) is 4.98. The molecule has 0 unspecified atom stereocenters. The number of aliphatic hydroxyl groups is 1. The Hall–Kier alpha value is -0.960. The molecule has 0 aliphatic carbocycles. The lowest BCUT2D eigenvalue weighted by Crippen LogP contribution is -2.43. The molecule has 1 saturated heterocycles. The zero-order valence-corrected chi connectivity index (χ0v) is 12.5. The van der Waals surface area contributed by atoms with Crippen LogP contribution in [0.4, 0.5) is 0 Å². The predicted octanol–water partition coefficient (Wildman–Crippen LogP) is -0.362. The molecule has 0 bridgehead atoms. The van der Waals surface area contributed by atoms with Crippen molar-refractivity contribution in [2.75, 3.05) is 26.7 Å². The third kappa shape index (κ3) is 4.02. The first-order valence-electron chi connectivity index (χ1n) is 6.85. The smallest absolute Gasteiger partial charge is 0.243 e. The van der Waals surface area contributed by atoms with Crippen LogP contribution < -0.4 is 4.72 Å². The summed E-state index contributed by atoms with van der Waals surface area (Å²) in [4.78, 5) is 2.38. The van der Waals surface area contributed by atoms with Crippen molar-refractivity contribution in [1.82, 2.24) is 19.4 Å². The molecule has 0 radical (unpaired) electrons. The Morgan fingerprint density at radius 1 is 1.45 bits per heavy atom. The van der Waals surface area contributed by atoms with Crippen molar-refractivity contribution in [3.05, 3.63) is 12.4 Å². The van der Waals surface area contributed by atoms with Gasteiger partial charge in [0.2, 0.25) is 10.0 Å². The fourth-order valence-electron chi connectivity index (χ4n) is 2.25. The molecule has 1 aromatic heterocycles. The molecule has 1 aliphatic rings. The molecule has 1 aliphatic heterocycles. The topological polar surface area (TPSA) is 87.5 Å². The first-order chi connectivity index (χ1) is 9.51. The number of rotatable bonds is 6. The van der Waals surface area contributed by atoms with Crippen LogP contribution in [-0.4, -0.2) is 61.0 Å². The van der Waals surface area contributed by atoms with Gasteiger partial charge in [-0.15, -0.1) is 0 Å². The number of piperidine rings is 1. The van der Waals surface area contributed by atoms with Crippen molar-refractivity contribution in [1.29, 1.82) is 0 Å². The zero-order chi connectivity index (χ0) is 14.6. The van der Waals surface area contributed by atoms with Gasteiger partial charge >= 0.3 is 0 Å². The SMILES string of the molecule is CN1CCC(NS(=O)(=O)c2cnn(CCCO)c2)CC1. The number of aliphatic hydroxyl groups excluding tert-OH is 1. The van der Waals surface area contributed by atoms with Crippen molar-refractivity contribution in [3.8, 4) is 0 Å². The van der Waals surface area contributed by atoms with E-state index in [0.717, 1.165) is 25.9 Å². The van der Waals surface area contributed by atoms with E-state index in [1.54, 1.807) is 4.68 Å². The molecule has 1 aromatic rings. The minimum absolute atomic E-state index is 0.00279. The van der Waals surface area contributed by atoms with Gasteiger partial charge in [-0.1, -0.05) is 0 Å². The van der Waals surface area contributed by atoms with E-state index in [2.05, 4.69) is 14.7 Å². The highest BCUT2D eigenvalue weighted by atomic mass is 32.2. The maximum absolute atomic E-state index is 12.2. The van der Waals surface area contributed by atoms with Crippen molar-refractivity contribution in [2.45, 2.75) is 36.7 Å². The number of likely N-dealkylation sites (tertiary alicyclic amines) is 1. The Labute approximate surface area is 119 Å². The number of hydrogen-bond donors (Lipinski definition) is 2. The van der Waals surface area contributed by atoms with Crippen LogP contribution in [-0.2, 0) is 16.6 Å². The molecule has 0 aromatic carbocycles. The lowest BCUT2D eigenvalue weighted by molar-refractivity contribution is 0.248. The molecule has 2 heterocycles. The standard InChI is InChI=1S/C12H22N4O3S/c1-15-6-3-11(4-7-15)14-20(18,19)12-9-13-16(10-12)5-2-8-17/h9-11,14,17H,2-8H2,1H3. The van der Waals surface area contributed by atoms with Gasteiger partial charge in [-0.25, -0.2) is 13.1 Å². The molecular weight excluding hydrogens is 280 g/mol. The molecule has 114 valence electrons. The van der Waals surface area contributed by atoms with E-state index >= 15 is 0 Å². The largest absolute Gasteiger partial charge is 0.396 e. The van der Waals surface area contributed by atoms with Crippen LogP contribution in [0.25, 0.3) is 0 Å². The second-order valence-electron chi connectivity index (χ2n) is 5.22. The van der Waals surface area contributed by atoms with E-state index in [0.29, 0.717) is 13.0 Å². The second kappa shape index (κ2) is 6.66. The molecule has 2 N–H and O–H groups in total. The first kappa shape index (κ1) is 15.4. The van der Waals surface area contributed by atoms with Crippen LogP contribution in [0.2, 0.25) is 0 Å². The molecule has 8 heteroatoms. The zero-order valence-electron chi connectivity index (χ0n) is 11.7.